The molecule has 2 heterocycles. The number of hydrogen-bond donors (Lipinski definition) is 1. The van der Waals surface area contributed by atoms with Crippen molar-refractivity contribution in [2.24, 2.45) is 0 Å². The maximum atomic E-state index is 5.30. The van der Waals surface area contributed by atoms with Crippen LogP contribution < -0.4 is 0 Å². The third-order valence-electron chi connectivity index (χ3n) is 2.98. The van der Waals surface area contributed by atoms with Gasteiger partial charge in [0.1, 0.15) is 16.8 Å². The largest absolute Gasteiger partial charge is 0.343 e. The standard InChI is InChI=1S/C12H12N4S/c1-7-10(9-4-13-6-14-5-9)15-11(8-2-3-8)16-12(7)17/h4-6,8H,2-3H2,1H3,(H,15,16,17). The Kier molecular flexibility index (Phi) is 2.48. The molecule has 3 rings (SSSR count). The van der Waals surface area contributed by atoms with Crippen molar-refractivity contribution >= 4 is 12.2 Å². The van der Waals surface area contributed by atoms with Gasteiger partial charge < -0.3 is 4.98 Å². The van der Waals surface area contributed by atoms with E-state index >= 15 is 0 Å². The van der Waals surface area contributed by atoms with Crippen LogP contribution in [0.5, 0.6) is 0 Å². The van der Waals surface area contributed by atoms with E-state index in [4.69, 9.17) is 12.2 Å². The minimum Gasteiger partial charge on any atom is -0.343 e. The van der Waals surface area contributed by atoms with E-state index in [1.807, 2.05) is 6.92 Å². The maximum Gasteiger partial charge on any atom is 0.133 e. The monoisotopic (exact) mass is 244 g/mol. The highest BCUT2D eigenvalue weighted by Gasteiger charge is 2.26. The van der Waals surface area contributed by atoms with Crippen LogP contribution in [0.15, 0.2) is 18.7 Å². The molecule has 0 spiro atoms. The van der Waals surface area contributed by atoms with Gasteiger partial charge in [-0.25, -0.2) is 15.0 Å². The molecule has 4 nitrogen and oxygen atoms in total. The molecule has 2 aromatic heterocycles. The van der Waals surface area contributed by atoms with Crippen molar-refractivity contribution in [3.05, 3.63) is 34.7 Å². The SMILES string of the molecule is Cc1c(-c2cncnc2)[nH]c(C2CC2)nc1=S. The Morgan fingerprint density at radius 2 is 2.00 bits per heavy atom. The highest BCUT2D eigenvalue weighted by Crippen LogP contribution is 2.38. The van der Waals surface area contributed by atoms with Crippen LogP contribution in [-0.2, 0) is 0 Å². The van der Waals surface area contributed by atoms with Crippen LogP contribution in [0.25, 0.3) is 11.3 Å². The molecule has 1 aliphatic carbocycles. The van der Waals surface area contributed by atoms with Crippen molar-refractivity contribution < 1.29 is 0 Å². The van der Waals surface area contributed by atoms with Gasteiger partial charge in [-0.15, -0.1) is 0 Å². The van der Waals surface area contributed by atoms with E-state index < -0.39 is 0 Å². The van der Waals surface area contributed by atoms with Gasteiger partial charge in [0, 0.05) is 29.4 Å². The zero-order valence-corrected chi connectivity index (χ0v) is 10.3. The van der Waals surface area contributed by atoms with Crippen LogP contribution in [-0.4, -0.2) is 19.9 Å². The summed E-state index contributed by atoms with van der Waals surface area (Å²) in [6.07, 6.45) is 7.50. The summed E-state index contributed by atoms with van der Waals surface area (Å²) in [5.41, 5.74) is 2.94. The highest BCUT2D eigenvalue weighted by molar-refractivity contribution is 7.71. The molecular formula is C12H12N4S. The predicted octanol–water partition coefficient (Wildman–Crippen LogP) is 2.78. The lowest BCUT2D eigenvalue weighted by molar-refractivity contribution is 0.913. The van der Waals surface area contributed by atoms with Crippen molar-refractivity contribution in [3.8, 4) is 11.3 Å². The predicted molar refractivity (Wildman–Crippen MR) is 67.2 cm³/mol. The molecule has 0 aliphatic heterocycles. The molecule has 0 amide bonds. The Labute approximate surface area is 104 Å². The molecule has 1 aliphatic rings. The second kappa shape index (κ2) is 4.00. The minimum absolute atomic E-state index is 0.556. The smallest absolute Gasteiger partial charge is 0.133 e. The molecule has 1 saturated carbocycles. The van der Waals surface area contributed by atoms with Crippen molar-refractivity contribution in [1.29, 1.82) is 0 Å². The molecule has 1 N–H and O–H groups in total. The summed E-state index contributed by atoms with van der Waals surface area (Å²) >= 11 is 5.30. The Hall–Kier alpha value is -1.62. The fourth-order valence-corrected chi connectivity index (χ4v) is 2.02. The minimum atomic E-state index is 0.556. The number of rotatable bonds is 2. The fourth-order valence-electron chi connectivity index (χ4n) is 1.82. The zero-order chi connectivity index (χ0) is 11.8. The van der Waals surface area contributed by atoms with Crippen LogP contribution >= 0.6 is 12.2 Å². The second-order valence-corrected chi connectivity index (χ2v) is 4.72. The molecule has 0 unspecified atom stereocenters. The third kappa shape index (κ3) is 1.98. The molecule has 0 aromatic carbocycles. The zero-order valence-electron chi connectivity index (χ0n) is 9.47. The summed E-state index contributed by atoms with van der Waals surface area (Å²) < 4.78 is 0.671. The summed E-state index contributed by atoms with van der Waals surface area (Å²) in [5, 5.41) is 0. The lowest BCUT2D eigenvalue weighted by Gasteiger charge is -2.08. The van der Waals surface area contributed by atoms with Gasteiger partial charge in [0.2, 0.25) is 0 Å². The number of nitrogens with zero attached hydrogens (tertiary/aromatic N) is 3. The van der Waals surface area contributed by atoms with E-state index in [2.05, 4.69) is 19.9 Å². The molecule has 86 valence electrons. The molecule has 5 heteroatoms. The van der Waals surface area contributed by atoms with E-state index in [0.717, 1.165) is 22.6 Å². The van der Waals surface area contributed by atoms with Gasteiger partial charge in [0.05, 0.1) is 5.69 Å². The Bertz CT molecular complexity index is 602. The van der Waals surface area contributed by atoms with Crippen LogP contribution in [0.4, 0.5) is 0 Å². The first kappa shape index (κ1) is 10.5. The number of nitrogens with one attached hydrogen (secondary N) is 1. The van der Waals surface area contributed by atoms with Gasteiger partial charge >= 0.3 is 0 Å². The summed E-state index contributed by atoms with van der Waals surface area (Å²) in [5.74, 6) is 1.56. The Morgan fingerprint density at radius 3 is 2.65 bits per heavy atom. The summed E-state index contributed by atoms with van der Waals surface area (Å²) in [6, 6.07) is 0. The van der Waals surface area contributed by atoms with Gasteiger partial charge in [-0.3, -0.25) is 0 Å². The second-order valence-electron chi connectivity index (χ2n) is 4.33. The summed E-state index contributed by atoms with van der Waals surface area (Å²) in [7, 11) is 0. The first-order valence-corrected chi connectivity index (χ1v) is 6.02. The van der Waals surface area contributed by atoms with Crippen LogP contribution in [0.2, 0.25) is 0 Å². The van der Waals surface area contributed by atoms with Gasteiger partial charge in [-0.1, -0.05) is 12.2 Å². The molecule has 2 aromatic rings. The molecule has 1 fully saturated rings. The average molecular weight is 244 g/mol. The van der Waals surface area contributed by atoms with Crippen LogP contribution in [0.3, 0.4) is 0 Å². The number of hydrogen-bond acceptors (Lipinski definition) is 4. The highest BCUT2D eigenvalue weighted by atomic mass is 32.1. The van der Waals surface area contributed by atoms with Gasteiger partial charge in [0.25, 0.3) is 0 Å². The normalized spacial score (nSPS) is 14.9. The van der Waals surface area contributed by atoms with Crippen molar-refractivity contribution in [2.45, 2.75) is 25.7 Å². The van der Waals surface area contributed by atoms with Crippen molar-refractivity contribution in [2.75, 3.05) is 0 Å². The molecule has 0 radical (unpaired) electrons. The van der Waals surface area contributed by atoms with E-state index in [1.165, 1.54) is 19.2 Å². The number of aromatic amines is 1. The first-order valence-electron chi connectivity index (χ1n) is 5.62. The van der Waals surface area contributed by atoms with Crippen molar-refractivity contribution in [3.63, 3.8) is 0 Å². The third-order valence-corrected chi connectivity index (χ3v) is 3.38. The average Bonchev–Trinajstić information content (AvgIpc) is 3.18. The fraction of sp³-hybridized carbons (Fsp3) is 0.333. The summed E-state index contributed by atoms with van der Waals surface area (Å²) in [4.78, 5) is 15.9. The van der Waals surface area contributed by atoms with E-state index in [9.17, 15) is 0 Å². The van der Waals surface area contributed by atoms with Gasteiger partial charge in [-0.05, 0) is 19.8 Å². The molecular weight excluding hydrogens is 232 g/mol. The van der Waals surface area contributed by atoms with E-state index in [0.29, 0.717) is 10.6 Å². The first-order chi connectivity index (χ1) is 8.25. The molecule has 17 heavy (non-hydrogen) atoms. The maximum absolute atomic E-state index is 5.30. The number of H-pyrrole nitrogens is 1. The lowest BCUT2D eigenvalue weighted by Crippen LogP contribution is -1.99. The van der Waals surface area contributed by atoms with E-state index in [-0.39, 0.29) is 0 Å². The Morgan fingerprint density at radius 1 is 1.29 bits per heavy atom. The van der Waals surface area contributed by atoms with Crippen molar-refractivity contribution in [1.82, 2.24) is 19.9 Å². The molecule has 0 atom stereocenters. The quantitative estimate of drug-likeness (QED) is 0.825. The van der Waals surface area contributed by atoms with Gasteiger partial charge in [0.15, 0.2) is 0 Å². The molecule has 0 saturated heterocycles. The Balaban J connectivity index is 2.18. The number of aromatic nitrogens is 4. The summed E-state index contributed by atoms with van der Waals surface area (Å²) in [6.45, 7) is 1.98. The van der Waals surface area contributed by atoms with Crippen LogP contribution in [0.1, 0.15) is 30.1 Å². The van der Waals surface area contributed by atoms with E-state index in [1.54, 1.807) is 12.4 Å². The van der Waals surface area contributed by atoms with Crippen LogP contribution in [0, 0.1) is 11.6 Å². The molecule has 0 bridgehead atoms. The lowest BCUT2D eigenvalue weighted by atomic mass is 10.1. The van der Waals surface area contributed by atoms with Gasteiger partial charge in [-0.2, -0.15) is 0 Å². The topological polar surface area (TPSA) is 54.5 Å².